The predicted molar refractivity (Wildman–Crippen MR) is 106 cm³/mol. The Morgan fingerprint density at radius 1 is 0.970 bits per heavy atom. The van der Waals surface area contributed by atoms with Gasteiger partial charge in [0.05, 0.1) is 24.2 Å². The minimum atomic E-state index is -4.95. The largest absolute Gasteiger partial charge is 0.469 e. The molecular formula is C23H22F7NO2. The van der Waals surface area contributed by atoms with E-state index in [1.54, 1.807) is 0 Å². The lowest BCUT2D eigenvalue weighted by Gasteiger charge is -2.28. The van der Waals surface area contributed by atoms with Crippen molar-refractivity contribution in [2.24, 2.45) is 5.92 Å². The number of nitrogens with one attached hydrogen (secondary N) is 1. The van der Waals surface area contributed by atoms with Crippen LogP contribution >= 0.6 is 0 Å². The van der Waals surface area contributed by atoms with Crippen LogP contribution in [-0.2, 0) is 21.9 Å². The molecule has 0 radical (unpaired) electrons. The predicted octanol–water partition coefficient (Wildman–Crippen LogP) is 6.25. The molecule has 0 saturated heterocycles. The quantitative estimate of drug-likeness (QED) is 0.409. The van der Waals surface area contributed by atoms with Crippen LogP contribution in [0.25, 0.3) is 0 Å². The summed E-state index contributed by atoms with van der Waals surface area (Å²) in [5.41, 5.74) is -2.35. The molecule has 33 heavy (non-hydrogen) atoms. The van der Waals surface area contributed by atoms with Gasteiger partial charge in [-0.15, -0.1) is 0 Å². The van der Waals surface area contributed by atoms with Crippen molar-refractivity contribution in [2.45, 2.75) is 50.1 Å². The number of alkyl halides is 6. The molecule has 1 N–H and O–H groups in total. The number of esters is 1. The minimum Gasteiger partial charge on any atom is -0.469 e. The molecule has 0 heterocycles. The van der Waals surface area contributed by atoms with Crippen molar-refractivity contribution >= 4 is 5.97 Å². The van der Waals surface area contributed by atoms with Crippen LogP contribution < -0.4 is 5.32 Å². The smallest absolute Gasteiger partial charge is 0.416 e. The van der Waals surface area contributed by atoms with Gasteiger partial charge in [-0.3, -0.25) is 4.79 Å². The second kappa shape index (κ2) is 9.32. The SMILES string of the molecule is COC(=O)[C@@H]1CC[C@H](NC(C)c2cc(C(F)(F)F)cc(C(F)(F)F)c2)C1c1ccc(F)cc1. The molecule has 0 bridgehead atoms. The maximum Gasteiger partial charge on any atom is 0.416 e. The number of hydrogen-bond donors (Lipinski definition) is 1. The maximum absolute atomic E-state index is 13.4. The van der Waals surface area contributed by atoms with Crippen molar-refractivity contribution in [1.82, 2.24) is 5.32 Å². The first-order chi connectivity index (χ1) is 15.3. The first-order valence-corrected chi connectivity index (χ1v) is 10.2. The molecule has 0 amide bonds. The van der Waals surface area contributed by atoms with Gasteiger partial charge in [-0.2, -0.15) is 26.3 Å². The number of halogens is 7. The molecule has 1 aliphatic rings. The van der Waals surface area contributed by atoms with Crippen molar-refractivity contribution < 1.29 is 40.3 Å². The van der Waals surface area contributed by atoms with Gasteiger partial charge in [-0.05, 0) is 61.2 Å². The topological polar surface area (TPSA) is 38.3 Å². The summed E-state index contributed by atoms with van der Waals surface area (Å²) in [7, 11) is 1.23. The highest BCUT2D eigenvalue weighted by molar-refractivity contribution is 5.74. The van der Waals surface area contributed by atoms with Gasteiger partial charge in [-0.25, -0.2) is 4.39 Å². The van der Waals surface area contributed by atoms with E-state index in [0.29, 0.717) is 30.5 Å². The summed E-state index contributed by atoms with van der Waals surface area (Å²) in [5, 5.41) is 3.09. The fraction of sp³-hybridized carbons (Fsp3) is 0.435. The van der Waals surface area contributed by atoms with Gasteiger partial charge in [-0.1, -0.05) is 12.1 Å². The minimum absolute atomic E-state index is 0.0837. The third-order valence-electron chi connectivity index (χ3n) is 5.99. The highest BCUT2D eigenvalue weighted by Gasteiger charge is 2.43. The molecule has 0 aliphatic heterocycles. The molecule has 4 atom stereocenters. The van der Waals surface area contributed by atoms with E-state index in [2.05, 4.69) is 5.32 Å². The van der Waals surface area contributed by atoms with Crippen LogP contribution in [0.3, 0.4) is 0 Å². The number of carbonyl (C=O) groups excluding carboxylic acids is 1. The van der Waals surface area contributed by atoms with Crippen molar-refractivity contribution in [3.05, 3.63) is 70.5 Å². The van der Waals surface area contributed by atoms with Gasteiger partial charge < -0.3 is 10.1 Å². The van der Waals surface area contributed by atoms with Crippen LogP contribution in [0.1, 0.15) is 54.0 Å². The summed E-state index contributed by atoms with van der Waals surface area (Å²) in [6, 6.07) is 5.57. The van der Waals surface area contributed by atoms with E-state index in [0.717, 1.165) is 0 Å². The summed E-state index contributed by atoms with van der Waals surface area (Å²) in [6.45, 7) is 1.46. The fourth-order valence-corrected chi connectivity index (χ4v) is 4.40. The Kier molecular flexibility index (Phi) is 7.07. The van der Waals surface area contributed by atoms with Crippen molar-refractivity contribution in [3.8, 4) is 0 Å². The van der Waals surface area contributed by atoms with Crippen LogP contribution in [0.2, 0.25) is 0 Å². The van der Waals surface area contributed by atoms with E-state index in [1.165, 1.54) is 38.3 Å². The molecule has 0 aromatic heterocycles. The number of ether oxygens (including phenoxy) is 1. The number of carbonyl (C=O) groups is 1. The van der Waals surface area contributed by atoms with E-state index < -0.39 is 59.2 Å². The van der Waals surface area contributed by atoms with Gasteiger partial charge in [0.1, 0.15) is 5.82 Å². The third kappa shape index (κ3) is 5.66. The zero-order chi connectivity index (χ0) is 24.6. The molecule has 3 nitrogen and oxygen atoms in total. The Hall–Kier alpha value is -2.62. The van der Waals surface area contributed by atoms with E-state index in [-0.39, 0.29) is 11.6 Å². The number of rotatable bonds is 5. The Morgan fingerprint density at radius 3 is 2.00 bits per heavy atom. The molecule has 2 aromatic rings. The highest BCUT2D eigenvalue weighted by atomic mass is 19.4. The van der Waals surface area contributed by atoms with Gasteiger partial charge in [0, 0.05) is 18.0 Å². The molecule has 0 spiro atoms. The summed E-state index contributed by atoms with van der Waals surface area (Å²) < 4.78 is 97.6. The zero-order valence-electron chi connectivity index (χ0n) is 17.7. The Balaban J connectivity index is 1.94. The van der Waals surface area contributed by atoms with Crippen LogP contribution in [0.15, 0.2) is 42.5 Å². The molecule has 2 aromatic carbocycles. The number of hydrogen-bond acceptors (Lipinski definition) is 3. The van der Waals surface area contributed by atoms with Crippen molar-refractivity contribution in [1.29, 1.82) is 0 Å². The van der Waals surface area contributed by atoms with E-state index in [1.807, 2.05) is 0 Å². The fourth-order valence-electron chi connectivity index (χ4n) is 4.40. The molecular weight excluding hydrogens is 455 g/mol. The Labute approximate surface area is 185 Å². The van der Waals surface area contributed by atoms with Crippen LogP contribution in [0.5, 0.6) is 0 Å². The molecule has 1 aliphatic carbocycles. The molecule has 10 heteroatoms. The number of benzene rings is 2. The zero-order valence-corrected chi connectivity index (χ0v) is 17.7. The van der Waals surface area contributed by atoms with Gasteiger partial charge in [0.25, 0.3) is 0 Å². The molecule has 2 unspecified atom stereocenters. The lowest BCUT2D eigenvalue weighted by atomic mass is 9.86. The van der Waals surface area contributed by atoms with Gasteiger partial charge in [0.15, 0.2) is 0 Å². The highest BCUT2D eigenvalue weighted by Crippen LogP contribution is 2.42. The average molecular weight is 477 g/mol. The third-order valence-corrected chi connectivity index (χ3v) is 5.99. The molecule has 180 valence electrons. The monoisotopic (exact) mass is 477 g/mol. The summed E-state index contributed by atoms with van der Waals surface area (Å²) in [4.78, 5) is 12.3. The first kappa shape index (κ1) is 25.0. The summed E-state index contributed by atoms with van der Waals surface area (Å²) in [5.74, 6) is -2.04. The second-order valence-electron chi connectivity index (χ2n) is 8.12. The van der Waals surface area contributed by atoms with Crippen LogP contribution in [0, 0.1) is 11.7 Å². The standard InChI is InChI=1S/C23H22F7NO2/c1-12(14-9-15(22(25,26)27)11-16(10-14)23(28,29)30)31-19-8-7-18(21(32)33-2)20(19)13-3-5-17(24)6-4-13/h3-6,9-12,18-20,31H,7-8H2,1-2H3/t12?,18-,19+,20?/m1/s1. The summed E-state index contributed by atoms with van der Waals surface area (Å²) in [6.07, 6.45) is -9.07. The normalized spacial score (nSPS) is 22.3. The lowest BCUT2D eigenvalue weighted by Crippen LogP contribution is -2.36. The molecule has 1 saturated carbocycles. The van der Waals surface area contributed by atoms with Crippen molar-refractivity contribution in [3.63, 3.8) is 0 Å². The van der Waals surface area contributed by atoms with E-state index in [4.69, 9.17) is 4.74 Å². The van der Waals surface area contributed by atoms with Gasteiger partial charge in [0.2, 0.25) is 0 Å². The first-order valence-electron chi connectivity index (χ1n) is 10.2. The Morgan fingerprint density at radius 2 is 1.52 bits per heavy atom. The van der Waals surface area contributed by atoms with E-state index in [9.17, 15) is 35.5 Å². The Bertz CT molecular complexity index is 954. The molecule has 3 rings (SSSR count). The maximum atomic E-state index is 13.4. The molecule has 1 fully saturated rings. The van der Waals surface area contributed by atoms with E-state index >= 15 is 0 Å². The van der Waals surface area contributed by atoms with Crippen LogP contribution in [0.4, 0.5) is 30.7 Å². The van der Waals surface area contributed by atoms with Crippen molar-refractivity contribution in [2.75, 3.05) is 7.11 Å². The lowest BCUT2D eigenvalue weighted by molar-refractivity contribution is -0.146. The average Bonchev–Trinajstić information content (AvgIpc) is 3.15. The summed E-state index contributed by atoms with van der Waals surface area (Å²) >= 11 is 0. The number of methoxy groups -OCH3 is 1. The van der Waals surface area contributed by atoms with Crippen LogP contribution in [-0.4, -0.2) is 19.1 Å². The second-order valence-corrected chi connectivity index (χ2v) is 8.12. The van der Waals surface area contributed by atoms with Gasteiger partial charge >= 0.3 is 18.3 Å².